The third-order valence-electron chi connectivity index (χ3n) is 4.10. The first-order valence-electron chi connectivity index (χ1n) is 6.75. The van der Waals surface area contributed by atoms with Crippen molar-refractivity contribution in [1.82, 2.24) is 10.2 Å². The monoisotopic (exact) mass is 242 g/mol. The Balaban J connectivity index is 1.66. The first kappa shape index (κ1) is 12.7. The molecule has 0 aromatic carbocycles. The molecule has 94 valence electrons. The molecule has 2 fully saturated rings. The summed E-state index contributed by atoms with van der Waals surface area (Å²) in [6, 6.07) is 0.781. The van der Waals surface area contributed by atoms with Crippen LogP contribution in [0.5, 0.6) is 0 Å². The molecular weight excluding hydrogens is 216 g/mol. The highest BCUT2D eigenvalue weighted by Gasteiger charge is 2.29. The van der Waals surface area contributed by atoms with Gasteiger partial charge in [-0.2, -0.15) is 11.8 Å². The fourth-order valence-electron chi connectivity index (χ4n) is 2.88. The zero-order valence-corrected chi connectivity index (χ0v) is 11.6. The number of thioether (sulfide) groups is 1. The summed E-state index contributed by atoms with van der Waals surface area (Å²) in [5.41, 5.74) is 0. The Morgan fingerprint density at radius 3 is 2.94 bits per heavy atom. The van der Waals surface area contributed by atoms with Gasteiger partial charge in [-0.15, -0.1) is 0 Å². The molecular formula is C13H26N2S. The summed E-state index contributed by atoms with van der Waals surface area (Å²) in [4.78, 5) is 2.53. The highest BCUT2D eigenvalue weighted by Crippen LogP contribution is 2.36. The van der Waals surface area contributed by atoms with E-state index < -0.39 is 0 Å². The van der Waals surface area contributed by atoms with E-state index in [1.807, 2.05) is 0 Å². The summed E-state index contributed by atoms with van der Waals surface area (Å²) < 4.78 is 0.521. The Hall–Kier alpha value is 0.270. The van der Waals surface area contributed by atoms with Crippen molar-refractivity contribution in [1.29, 1.82) is 0 Å². The summed E-state index contributed by atoms with van der Waals surface area (Å²) in [5.74, 6) is 1.36. The van der Waals surface area contributed by atoms with Gasteiger partial charge in [0.2, 0.25) is 0 Å². The number of rotatable bonds is 4. The van der Waals surface area contributed by atoms with Crippen molar-refractivity contribution in [2.75, 3.05) is 32.4 Å². The Bertz CT molecular complexity index is 214. The van der Waals surface area contributed by atoms with Gasteiger partial charge in [0, 0.05) is 23.9 Å². The van der Waals surface area contributed by atoms with Gasteiger partial charge in [0.25, 0.3) is 0 Å². The van der Waals surface area contributed by atoms with Crippen LogP contribution < -0.4 is 5.32 Å². The van der Waals surface area contributed by atoms with E-state index in [1.54, 1.807) is 0 Å². The highest BCUT2D eigenvalue weighted by molar-refractivity contribution is 8.00. The number of likely N-dealkylation sites (tertiary alicyclic amines) is 1. The molecule has 0 bridgehead atoms. The van der Waals surface area contributed by atoms with E-state index in [0.717, 1.165) is 6.04 Å². The van der Waals surface area contributed by atoms with Gasteiger partial charge in [-0.25, -0.2) is 0 Å². The first-order valence-corrected chi connectivity index (χ1v) is 7.73. The van der Waals surface area contributed by atoms with Crippen LogP contribution in [0.25, 0.3) is 0 Å². The Morgan fingerprint density at radius 1 is 1.38 bits per heavy atom. The topological polar surface area (TPSA) is 15.3 Å². The number of hydrogen-bond donors (Lipinski definition) is 1. The molecule has 0 aliphatic carbocycles. The van der Waals surface area contributed by atoms with E-state index in [2.05, 4.69) is 35.9 Å². The van der Waals surface area contributed by atoms with Crippen molar-refractivity contribution in [3.63, 3.8) is 0 Å². The van der Waals surface area contributed by atoms with Crippen LogP contribution >= 0.6 is 11.8 Å². The fourth-order valence-corrected chi connectivity index (χ4v) is 4.16. The second-order valence-electron chi connectivity index (χ2n) is 5.66. The van der Waals surface area contributed by atoms with Gasteiger partial charge in [-0.05, 0) is 52.0 Å². The van der Waals surface area contributed by atoms with E-state index in [4.69, 9.17) is 0 Å². The molecule has 0 aromatic heterocycles. The lowest BCUT2D eigenvalue weighted by Gasteiger charge is -2.33. The molecule has 2 atom stereocenters. The summed E-state index contributed by atoms with van der Waals surface area (Å²) in [6.45, 7) is 6.09. The predicted octanol–water partition coefficient (Wildman–Crippen LogP) is 2.35. The Kier molecular flexibility index (Phi) is 4.57. The maximum Gasteiger partial charge on any atom is 0.0256 e. The van der Waals surface area contributed by atoms with E-state index >= 15 is 0 Å². The average molecular weight is 242 g/mol. The van der Waals surface area contributed by atoms with Crippen LogP contribution in [-0.2, 0) is 0 Å². The summed E-state index contributed by atoms with van der Waals surface area (Å²) in [7, 11) is 2.28. The third kappa shape index (κ3) is 3.38. The number of hydrogen-bond acceptors (Lipinski definition) is 3. The van der Waals surface area contributed by atoms with Gasteiger partial charge in [0.15, 0.2) is 0 Å². The maximum absolute atomic E-state index is 3.71. The molecule has 0 aromatic rings. The summed E-state index contributed by atoms with van der Waals surface area (Å²) >= 11 is 2.16. The van der Waals surface area contributed by atoms with Crippen LogP contribution in [0.2, 0.25) is 0 Å². The zero-order valence-electron chi connectivity index (χ0n) is 10.8. The van der Waals surface area contributed by atoms with Crippen LogP contribution in [-0.4, -0.2) is 48.1 Å². The molecule has 1 N–H and O–H groups in total. The summed E-state index contributed by atoms with van der Waals surface area (Å²) in [6.07, 6.45) is 6.99. The molecule has 3 heteroatoms. The van der Waals surface area contributed by atoms with E-state index in [-0.39, 0.29) is 0 Å². The Labute approximate surface area is 105 Å². The van der Waals surface area contributed by atoms with Gasteiger partial charge < -0.3 is 10.2 Å². The highest BCUT2D eigenvalue weighted by atomic mass is 32.2. The molecule has 2 heterocycles. The molecule has 2 saturated heterocycles. The largest absolute Gasteiger partial charge is 0.314 e. The number of likely N-dealkylation sites (N-methyl/N-ethyl adjacent to an activating group) is 1. The van der Waals surface area contributed by atoms with Crippen molar-refractivity contribution in [3.05, 3.63) is 0 Å². The minimum atomic E-state index is 0.521. The minimum Gasteiger partial charge on any atom is -0.314 e. The fraction of sp³-hybridized carbons (Fsp3) is 1.00. The molecule has 0 spiro atoms. The van der Waals surface area contributed by atoms with E-state index in [0.29, 0.717) is 4.75 Å². The number of nitrogens with zero attached hydrogens (tertiary/aromatic N) is 1. The van der Waals surface area contributed by atoms with Gasteiger partial charge >= 0.3 is 0 Å². The van der Waals surface area contributed by atoms with Gasteiger partial charge in [0.1, 0.15) is 0 Å². The Morgan fingerprint density at radius 2 is 2.25 bits per heavy atom. The van der Waals surface area contributed by atoms with Gasteiger partial charge in [-0.3, -0.25) is 0 Å². The molecule has 2 aliphatic rings. The normalized spacial score (nSPS) is 36.8. The molecule has 0 saturated carbocycles. The lowest BCUT2D eigenvalue weighted by molar-refractivity contribution is 0.181. The SMILES string of the molecule is CN1CCCCC1CNCC1(C)CCCS1. The molecule has 0 amide bonds. The average Bonchev–Trinajstić information content (AvgIpc) is 2.68. The maximum atomic E-state index is 3.71. The molecule has 2 rings (SSSR count). The van der Waals surface area contributed by atoms with Crippen LogP contribution in [0.4, 0.5) is 0 Å². The quantitative estimate of drug-likeness (QED) is 0.815. The zero-order chi connectivity index (χ0) is 11.4. The summed E-state index contributed by atoms with van der Waals surface area (Å²) in [5, 5.41) is 3.71. The van der Waals surface area contributed by atoms with Crippen LogP contribution in [0.3, 0.4) is 0 Å². The number of nitrogens with one attached hydrogen (secondary N) is 1. The third-order valence-corrected chi connectivity index (χ3v) is 5.64. The second-order valence-corrected chi connectivity index (χ2v) is 7.35. The van der Waals surface area contributed by atoms with Crippen molar-refractivity contribution in [3.8, 4) is 0 Å². The lowest BCUT2D eigenvalue weighted by atomic mass is 10.0. The molecule has 2 unspecified atom stereocenters. The standard InChI is InChI=1S/C13H26N2S/c1-13(7-5-9-16-13)11-14-10-12-6-3-4-8-15(12)2/h12,14H,3-11H2,1-2H3. The molecule has 16 heavy (non-hydrogen) atoms. The first-order chi connectivity index (χ1) is 7.70. The van der Waals surface area contributed by atoms with Crippen LogP contribution in [0.1, 0.15) is 39.0 Å². The van der Waals surface area contributed by atoms with E-state index in [9.17, 15) is 0 Å². The van der Waals surface area contributed by atoms with E-state index in [1.165, 1.54) is 57.5 Å². The minimum absolute atomic E-state index is 0.521. The smallest absolute Gasteiger partial charge is 0.0256 e. The molecule has 0 radical (unpaired) electrons. The van der Waals surface area contributed by atoms with Crippen molar-refractivity contribution < 1.29 is 0 Å². The molecule has 2 nitrogen and oxygen atoms in total. The second kappa shape index (κ2) is 5.74. The number of piperidine rings is 1. The van der Waals surface area contributed by atoms with Crippen LogP contribution in [0, 0.1) is 0 Å². The van der Waals surface area contributed by atoms with Crippen molar-refractivity contribution in [2.24, 2.45) is 0 Å². The van der Waals surface area contributed by atoms with Gasteiger partial charge in [0.05, 0.1) is 0 Å². The predicted molar refractivity (Wildman–Crippen MR) is 73.2 cm³/mol. The van der Waals surface area contributed by atoms with Gasteiger partial charge in [-0.1, -0.05) is 6.42 Å². The lowest BCUT2D eigenvalue weighted by Crippen LogP contribution is -2.45. The van der Waals surface area contributed by atoms with Crippen LogP contribution in [0.15, 0.2) is 0 Å². The van der Waals surface area contributed by atoms with Crippen molar-refractivity contribution >= 4 is 11.8 Å². The van der Waals surface area contributed by atoms with Crippen molar-refractivity contribution in [2.45, 2.75) is 49.8 Å². The molecule has 2 aliphatic heterocycles.